The van der Waals surface area contributed by atoms with E-state index in [2.05, 4.69) is 17.1 Å². The highest BCUT2D eigenvalue weighted by Crippen LogP contribution is 2.29. The number of amides is 1. The lowest BCUT2D eigenvalue weighted by atomic mass is 10.2. The number of nitrogens with one attached hydrogen (secondary N) is 1. The number of hydrogen-bond acceptors (Lipinski definition) is 6. The van der Waals surface area contributed by atoms with Crippen LogP contribution in [0.15, 0.2) is 54.2 Å². The van der Waals surface area contributed by atoms with Gasteiger partial charge in [-0.25, -0.2) is 5.43 Å². The van der Waals surface area contributed by atoms with E-state index in [4.69, 9.17) is 18.9 Å². The molecule has 2 aromatic rings. The van der Waals surface area contributed by atoms with Gasteiger partial charge in [-0.15, -0.1) is 0 Å². The van der Waals surface area contributed by atoms with Gasteiger partial charge < -0.3 is 18.9 Å². The number of rotatable bonds is 12. The third kappa shape index (κ3) is 6.55. The largest absolute Gasteiger partial charge is 0.493 e. The molecule has 0 spiro atoms. The van der Waals surface area contributed by atoms with Crippen LogP contribution in [0.4, 0.5) is 0 Å². The zero-order chi connectivity index (χ0) is 21.8. The van der Waals surface area contributed by atoms with Crippen LogP contribution in [0.2, 0.25) is 0 Å². The number of nitrogens with zero attached hydrogens (tertiary/aromatic N) is 1. The lowest BCUT2D eigenvalue weighted by Gasteiger charge is -2.12. The summed E-state index contributed by atoms with van der Waals surface area (Å²) in [6, 6.07) is 10.4. The smallest absolute Gasteiger partial charge is 0.271 e. The molecule has 0 aromatic heterocycles. The quantitative estimate of drug-likeness (QED) is 0.321. The van der Waals surface area contributed by atoms with Crippen molar-refractivity contribution in [3.8, 4) is 23.0 Å². The van der Waals surface area contributed by atoms with Crippen molar-refractivity contribution in [3.05, 3.63) is 60.2 Å². The zero-order valence-corrected chi connectivity index (χ0v) is 17.6. The van der Waals surface area contributed by atoms with E-state index in [9.17, 15) is 4.79 Å². The van der Waals surface area contributed by atoms with Gasteiger partial charge in [-0.1, -0.05) is 19.6 Å². The highest BCUT2D eigenvalue weighted by Gasteiger charge is 2.11. The number of methoxy groups -OCH3 is 1. The van der Waals surface area contributed by atoms with Crippen molar-refractivity contribution in [1.29, 1.82) is 0 Å². The van der Waals surface area contributed by atoms with E-state index in [1.807, 2.05) is 19.9 Å². The van der Waals surface area contributed by atoms with Gasteiger partial charge in [0.15, 0.2) is 23.0 Å². The third-order valence-electron chi connectivity index (χ3n) is 3.89. The van der Waals surface area contributed by atoms with Crippen molar-refractivity contribution in [2.24, 2.45) is 5.10 Å². The van der Waals surface area contributed by atoms with Crippen LogP contribution in [0, 0.1) is 0 Å². The average molecular weight is 412 g/mol. The maximum absolute atomic E-state index is 12.4. The van der Waals surface area contributed by atoms with Crippen LogP contribution >= 0.6 is 0 Å². The van der Waals surface area contributed by atoms with Crippen LogP contribution in [0.3, 0.4) is 0 Å². The first kappa shape index (κ1) is 22.8. The summed E-state index contributed by atoms with van der Waals surface area (Å²) in [6.45, 7) is 8.96. The summed E-state index contributed by atoms with van der Waals surface area (Å²) in [5, 5.41) is 4.02. The number of carbonyl (C=O) groups is 1. The van der Waals surface area contributed by atoms with Crippen LogP contribution in [0.25, 0.3) is 0 Å². The molecule has 7 heteroatoms. The first-order valence-electron chi connectivity index (χ1n) is 9.77. The molecular formula is C23H28N2O5. The Morgan fingerprint density at radius 1 is 1.03 bits per heavy atom. The molecule has 0 aliphatic rings. The SMILES string of the molecule is C=CCOc1ccc(/C=N/NC(=O)c2ccc(OCCC)c(OCC)c2)cc1OC. The Morgan fingerprint density at radius 2 is 1.80 bits per heavy atom. The highest BCUT2D eigenvalue weighted by atomic mass is 16.5. The first-order valence-corrected chi connectivity index (χ1v) is 9.77. The monoisotopic (exact) mass is 412 g/mol. The van der Waals surface area contributed by atoms with Crippen molar-refractivity contribution in [2.45, 2.75) is 20.3 Å². The Hall–Kier alpha value is -3.48. The maximum atomic E-state index is 12.4. The molecule has 30 heavy (non-hydrogen) atoms. The van der Waals surface area contributed by atoms with Gasteiger partial charge in [0, 0.05) is 5.56 Å². The summed E-state index contributed by atoms with van der Waals surface area (Å²) < 4.78 is 22.1. The van der Waals surface area contributed by atoms with Crippen LogP contribution in [-0.4, -0.2) is 39.1 Å². The van der Waals surface area contributed by atoms with E-state index in [-0.39, 0.29) is 5.91 Å². The van der Waals surface area contributed by atoms with Crippen molar-refractivity contribution in [3.63, 3.8) is 0 Å². The van der Waals surface area contributed by atoms with Gasteiger partial charge in [0.25, 0.3) is 5.91 Å². The minimum atomic E-state index is -0.354. The summed E-state index contributed by atoms with van der Waals surface area (Å²) in [4.78, 5) is 12.4. The van der Waals surface area contributed by atoms with Gasteiger partial charge >= 0.3 is 0 Å². The lowest BCUT2D eigenvalue weighted by Crippen LogP contribution is -2.17. The van der Waals surface area contributed by atoms with Gasteiger partial charge in [0.2, 0.25) is 0 Å². The lowest BCUT2D eigenvalue weighted by molar-refractivity contribution is 0.0954. The molecule has 0 fully saturated rings. The third-order valence-corrected chi connectivity index (χ3v) is 3.89. The molecule has 0 radical (unpaired) electrons. The Balaban J connectivity index is 2.06. The highest BCUT2D eigenvalue weighted by molar-refractivity contribution is 5.95. The number of benzene rings is 2. The van der Waals surface area contributed by atoms with Crippen LogP contribution in [-0.2, 0) is 0 Å². The Morgan fingerprint density at radius 3 is 2.50 bits per heavy atom. The molecule has 0 bridgehead atoms. The second-order valence-electron chi connectivity index (χ2n) is 6.15. The predicted molar refractivity (Wildman–Crippen MR) is 117 cm³/mol. The normalized spacial score (nSPS) is 10.5. The van der Waals surface area contributed by atoms with Gasteiger partial charge in [0.1, 0.15) is 6.61 Å². The summed E-state index contributed by atoms with van der Waals surface area (Å²) in [6.07, 6.45) is 4.07. The molecule has 1 amide bonds. The second kappa shape index (κ2) is 12.2. The summed E-state index contributed by atoms with van der Waals surface area (Å²) in [5.74, 6) is 1.96. The second-order valence-corrected chi connectivity index (χ2v) is 6.15. The van der Waals surface area contributed by atoms with Gasteiger partial charge in [-0.3, -0.25) is 4.79 Å². The molecule has 0 saturated heterocycles. The minimum absolute atomic E-state index is 0.354. The van der Waals surface area contributed by atoms with E-state index in [0.717, 1.165) is 12.0 Å². The molecule has 2 rings (SSSR count). The van der Waals surface area contributed by atoms with E-state index < -0.39 is 0 Å². The molecule has 0 saturated carbocycles. The van der Waals surface area contributed by atoms with Crippen LogP contribution in [0.5, 0.6) is 23.0 Å². The van der Waals surface area contributed by atoms with Gasteiger partial charge in [0.05, 0.1) is 26.5 Å². The first-order chi connectivity index (χ1) is 14.6. The maximum Gasteiger partial charge on any atom is 0.271 e. The molecule has 0 unspecified atom stereocenters. The fourth-order valence-electron chi connectivity index (χ4n) is 2.51. The Kier molecular flexibility index (Phi) is 9.24. The van der Waals surface area contributed by atoms with E-state index in [1.54, 1.807) is 43.5 Å². The van der Waals surface area contributed by atoms with Crippen molar-refractivity contribution in [1.82, 2.24) is 5.43 Å². The summed E-state index contributed by atoms with van der Waals surface area (Å²) >= 11 is 0. The molecule has 1 N–H and O–H groups in total. The zero-order valence-electron chi connectivity index (χ0n) is 17.6. The molecule has 0 heterocycles. The van der Waals surface area contributed by atoms with Gasteiger partial charge in [-0.05, 0) is 55.3 Å². The molecule has 0 atom stereocenters. The molecule has 0 aliphatic carbocycles. The van der Waals surface area contributed by atoms with Crippen molar-refractivity contribution < 1.29 is 23.7 Å². The molecular weight excluding hydrogens is 384 g/mol. The predicted octanol–water partition coefficient (Wildman–Crippen LogP) is 4.21. The van der Waals surface area contributed by atoms with E-state index >= 15 is 0 Å². The number of ether oxygens (including phenoxy) is 4. The topological polar surface area (TPSA) is 78.4 Å². The number of hydrazone groups is 1. The summed E-state index contributed by atoms with van der Waals surface area (Å²) in [5.41, 5.74) is 3.68. The molecule has 0 aliphatic heterocycles. The number of hydrogen-bond donors (Lipinski definition) is 1. The van der Waals surface area contributed by atoms with Crippen molar-refractivity contribution in [2.75, 3.05) is 26.9 Å². The Labute approximate surface area is 177 Å². The summed E-state index contributed by atoms with van der Waals surface area (Å²) in [7, 11) is 1.56. The van der Waals surface area contributed by atoms with Gasteiger partial charge in [-0.2, -0.15) is 5.10 Å². The molecule has 7 nitrogen and oxygen atoms in total. The number of carbonyl (C=O) groups excluding carboxylic acids is 1. The molecule has 160 valence electrons. The van der Waals surface area contributed by atoms with E-state index in [0.29, 0.717) is 48.4 Å². The fraction of sp³-hybridized carbons (Fsp3) is 0.304. The van der Waals surface area contributed by atoms with E-state index in [1.165, 1.54) is 6.21 Å². The standard InChI is InChI=1S/C23H28N2O5/c1-5-12-29-19-10-8-17(14-21(19)27-4)16-24-25-23(26)18-9-11-20(30-13-6-2)22(15-18)28-7-3/h5,8-11,14-16H,1,6-7,12-13H2,2-4H3,(H,25,26)/b24-16+. The minimum Gasteiger partial charge on any atom is -0.493 e. The van der Waals surface area contributed by atoms with Crippen LogP contribution < -0.4 is 24.4 Å². The van der Waals surface area contributed by atoms with Crippen molar-refractivity contribution >= 4 is 12.1 Å². The molecule has 2 aromatic carbocycles. The Bertz CT molecular complexity index is 880. The average Bonchev–Trinajstić information content (AvgIpc) is 2.77. The van der Waals surface area contributed by atoms with Crippen LogP contribution in [0.1, 0.15) is 36.2 Å². The fourth-order valence-corrected chi connectivity index (χ4v) is 2.51.